The molecule has 0 aliphatic rings. The van der Waals surface area contributed by atoms with Gasteiger partial charge in [0.25, 0.3) is 0 Å². The predicted molar refractivity (Wildman–Crippen MR) is 53.7 cm³/mol. The van der Waals surface area contributed by atoms with Gasteiger partial charge in [-0.1, -0.05) is 0 Å². The van der Waals surface area contributed by atoms with Crippen LogP contribution in [0.15, 0.2) is 18.2 Å². The number of aromatic carboxylic acids is 1. The zero-order valence-electron chi connectivity index (χ0n) is 8.44. The van der Waals surface area contributed by atoms with Crippen LogP contribution >= 0.6 is 0 Å². The van der Waals surface area contributed by atoms with Crippen LogP contribution in [-0.2, 0) is 0 Å². The maximum absolute atomic E-state index is 13.2. The van der Waals surface area contributed by atoms with E-state index in [9.17, 15) is 9.18 Å². The summed E-state index contributed by atoms with van der Waals surface area (Å²) >= 11 is 0. The number of carbonyl (C=O) groups is 1. The maximum Gasteiger partial charge on any atom is 0.338 e. The minimum Gasteiger partial charge on any atom is -0.493 e. The minimum absolute atomic E-state index is 0.264. The van der Waals surface area contributed by atoms with E-state index in [4.69, 9.17) is 15.1 Å². The van der Waals surface area contributed by atoms with Crippen molar-refractivity contribution in [1.82, 2.24) is 0 Å². The fraction of sp³-hybridized carbons (Fsp3) is 0.273. The highest BCUT2D eigenvalue weighted by atomic mass is 19.1. The average molecular weight is 223 g/mol. The number of carboxylic acids is 1. The molecule has 0 spiro atoms. The van der Waals surface area contributed by atoms with Crippen molar-refractivity contribution in [2.75, 3.05) is 6.61 Å². The summed E-state index contributed by atoms with van der Waals surface area (Å²) < 4.78 is 18.3. The molecule has 5 heteroatoms. The van der Waals surface area contributed by atoms with Crippen LogP contribution in [0.5, 0.6) is 5.75 Å². The molecule has 0 saturated carbocycles. The summed E-state index contributed by atoms with van der Waals surface area (Å²) in [4.78, 5) is 10.5. The Labute approximate surface area is 91.9 Å². The van der Waals surface area contributed by atoms with Crippen molar-refractivity contribution in [2.45, 2.75) is 12.8 Å². The van der Waals surface area contributed by atoms with Crippen molar-refractivity contribution in [3.8, 4) is 11.8 Å². The molecule has 4 nitrogen and oxygen atoms in total. The Morgan fingerprint density at radius 1 is 1.56 bits per heavy atom. The van der Waals surface area contributed by atoms with Crippen LogP contribution < -0.4 is 4.74 Å². The van der Waals surface area contributed by atoms with E-state index in [2.05, 4.69) is 0 Å². The molecule has 0 aliphatic heterocycles. The van der Waals surface area contributed by atoms with Crippen LogP contribution in [0.1, 0.15) is 23.2 Å². The van der Waals surface area contributed by atoms with Gasteiger partial charge in [0, 0.05) is 12.5 Å². The van der Waals surface area contributed by atoms with Crippen molar-refractivity contribution in [3.63, 3.8) is 0 Å². The molecule has 0 atom stereocenters. The monoisotopic (exact) mass is 223 g/mol. The van der Waals surface area contributed by atoms with Crippen LogP contribution in [0, 0.1) is 17.1 Å². The summed E-state index contributed by atoms with van der Waals surface area (Å²) in [5.41, 5.74) is -0.385. The third kappa shape index (κ3) is 3.24. The molecular weight excluding hydrogens is 213 g/mol. The van der Waals surface area contributed by atoms with Crippen molar-refractivity contribution in [1.29, 1.82) is 5.26 Å². The molecule has 0 aliphatic carbocycles. The van der Waals surface area contributed by atoms with Gasteiger partial charge in [-0.15, -0.1) is 0 Å². The molecule has 0 saturated heterocycles. The van der Waals surface area contributed by atoms with E-state index < -0.39 is 11.8 Å². The van der Waals surface area contributed by atoms with Gasteiger partial charge < -0.3 is 9.84 Å². The van der Waals surface area contributed by atoms with Gasteiger partial charge in [0.2, 0.25) is 0 Å². The van der Waals surface area contributed by atoms with E-state index in [1.54, 1.807) is 0 Å². The molecule has 1 rings (SSSR count). The van der Waals surface area contributed by atoms with Crippen LogP contribution in [-0.4, -0.2) is 17.7 Å². The smallest absolute Gasteiger partial charge is 0.338 e. The van der Waals surface area contributed by atoms with Crippen LogP contribution in [0.25, 0.3) is 0 Å². The molecule has 0 fully saturated rings. The Kier molecular flexibility index (Phi) is 4.28. The molecule has 84 valence electrons. The molecule has 1 aromatic rings. The summed E-state index contributed by atoms with van der Waals surface area (Å²) in [6.07, 6.45) is 0.925. The van der Waals surface area contributed by atoms with Gasteiger partial charge in [-0.2, -0.15) is 5.26 Å². The number of benzene rings is 1. The molecule has 1 aromatic carbocycles. The highest BCUT2D eigenvalue weighted by Gasteiger charge is 2.10. The first-order valence-corrected chi connectivity index (χ1v) is 4.67. The molecule has 0 unspecified atom stereocenters. The minimum atomic E-state index is -1.31. The molecule has 0 heterocycles. The van der Waals surface area contributed by atoms with Crippen LogP contribution in [0.2, 0.25) is 0 Å². The summed E-state index contributed by atoms with van der Waals surface area (Å²) in [7, 11) is 0. The molecule has 16 heavy (non-hydrogen) atoms. The second-order valence-corrected chi connectivity index (χ2v) is 3.06. The van der Waals surface area contributed by atoms with Crippen molar-refractivity contribution in [3.05, 3.63) is 29.6 Å². The summed E-state index contributed by atoms with van der Waals surface area (Å²) in [6.45, 7) is 0.305. The maximum atomic E-state index is 13.2. The predicted octanol–water partition coefficient (Wildman–Crippen LogP) is 2.21. The number of nitrogens with zero attached hydrogens (tertiary/aromatic N) is 1. The van der Waals surface area contributed by atoms with E-state index in [-0.39, 0.29) is 11.3 Å². The van der Waals surface area contributed by atoms with Crippen molar-refractivity contribution >= 4 is 5.97 Å². The number of unbranched alkanes of at least 4 members (excludes halogenated alkanes) is 1. The highest BCUT2D eigenvalue weighted by Crippen LogP contribution is 2.16. The third-order valence-electron chi connectivity index (χ3n) is 1.87. The van der Waals surface area contributed by atoms with E-state index >= 15 is 0 Å². The van der Waals surface area contributed by atoms with E-state index in [0.717, 1.165) is 12.1 Å². The number of hydrogen-bond donors (Lipinski definition) is 1. The summed E-state index contributed by atoms with van der Waals surface area (Å²) in [5, 5.41) is 16.9. The number of rotatable bonds is 5. The van der Waals surface area contributed by atoms with Crippen LogP contribution in [0.3, 0.4) is 0 Å². The fourth-order valence-corrected chi connectivity index (χ4v) is 1.10. The lowest BCUT2D eigenvalue weighted by molar-refractivity contribution is 0.0692. The van der Waals surface area contributed by atoms with Gasteiger partial charge in [-0.3, -0.25) is 0 Å². The molecule has 0 bridgehead atoms. The van der Waals surface area contributed by atoms with E-state index in [1.165, 1.54) is 6.07 Å². The standard InChI is InChI=1S/C11H10FNO3/c12-10-7-8(16-6-2-1-5-13)3-4-9(10)11(14)15/h3-4,7H,1-2,6H2,(H,14,15). The molecule has 1 N–H and O–H groups in total. The number of nitriles is 1. The first-order valence-electron chi connectivity index (χ1n) is 4.67. The number of hydrogen-bond acceptors (Lipinski definition) is 3. The topological polar surface area (TPSA) is 70.3 Å². The second-order valence-electron chi connectivity index (χ2n) is 3.06. The normalized spacial score (nSPS) is 9.50. The first kappa shape index (κ1) is 12.0. The zero-order valence-corrected chi connectivity index (χ0v) is 8.44. The lowest BCUT2D eigenvalue weighted by atomic mass is 10.2. The highest BCUT2D eigenvalue weighted by molar-refractivity contribution is 5.88. The Bertz CT molecular complexity index is 426. The van der Waals surface area contributed by atoms with Gasteiger partial charge in [0.1, 0.15) is 11.6 Å². The lowest BCUT2D eigenvalue weighted by Crippen LogP contribution is -2.02. The largest absolute Gasteiger partial charge is 0.493 e. The van der Waals surface area contributed by atoms with Gasteiger partial charge >= 0.3 is 5.97 Å². The second kappa shape index (κ2) is 5.71. The van der Waals surface area contributed by atoms with Crippen molar-refractivity contribution < 1.29 is 19.0 Å². The Balaban J connectivity index is 2.60. The first-order chi connectivity index (χ1) is 7.65. The quantitative estimate of drug-likeness (QED) is 0.777. The van der Waals surface area contributed by atoms with Gasteiger partial charge in [0.05, 0.1) is 18.2 Å². The Hall–Kier alpha value is -2.09. The summed E-state index contributed by atoms with van der Waals surface area (Å²) in [5.74, 6) is -1.88. The van der Waals surface area contributed by atoms with Gasteiger partial charge in [-0.25, -0.2) is 9.18 Å². The zero-order chi connectivity index (χ0) is 12.0. The molecule has 0 amide bonds. The SMILES string of the molecule is N#CCCCOc1ccc(C(=O)O)c(F)c1. The average Bonchev–Trinajstić information content (AvgIpc) is 2.24. The molecule has 0 aromatic heterocycles. The Morgan fingerprint density at radius 2 is 2.31 bits per heavy atom. The van der Waals surface area contributed by atoms with Gasteiger partial charge in [0.15, 0.2) is 0 Å². The van der Waals surface area contributed by atoms with Crippen LogP contribution in [0.4, 0.5) is 4.39 Å². The molecular formula is C11H10FNO3. The number of halogens is 1. The summed E-state index contributed by atoms with van der Waals surface area (Å²) in [6, 6.07) is 5.52. The molecule has 0 radical (unpaired) electrons. The van der Waals surface area contributed by atoms with Gasteiger partial charge in [-0.05, 0) is 18.6 Å². The van der Waals surface area contributed by atoms with E-state index in [0.29, 0.717) is 19.4 Å². The van der Waals surface area contributed by atoms with E-state index in [1.807, 2.05) is 6.07 Å². The lowest BCUT2D eigenvalue weighted by Gasteiger charge is -2.05. The fourth-order valence-electron chi connectivity index (χ4n) is 1.10. The number of carboxylic acid groups (broad SMARTS) is 1. The number of ether oxygens (including phenoxy) is 1. The third-order valence-corrected chi connectivity index (χ3v) is 1.87. The van der Waals surface area contributed by atoms with Crippen molar-refractivity contribution in [2.24, 2.45) is 0 Å². The Morgan fingerprint density at radius 3 is 2.88 bits per heavy atom.